The molecule has 1 spiro atoms. The maximum atomic E-state index is 14.3. The molecule has 192 valence electrons. The molecule has 0 bridgehead atoms. The lowest BCUT2D eigenvalue weighted by molar-refractivity contribution is -0.260. The number of sulfone groups is 1. The van der Waals surface area contributed by atoms with Crippen LogP contribution in [-0.4, -0.2) is 50.5 Å². The molecule has 0 N–H and O–H groups in total. The van der Waals surface area contributed by atoms with Crippen molar-refractivity contribution in [2.24, 2.45) is 0 Å². The van der Waals surface area contributed by atoms with Crippen LogP contribution < -0.4 is 0 Å². The lowest BCUT2D eigenvalue weighted by Gasteiger charge is -2.47. The van der Waals surface area contributed by atoms with E-state index in [4.69, 9.17) is 32.7 Å². The molecule has 2 aromatic carbocycles. The van der Waals surface area contributed by atoms with Crippen LogP contribution in [0.25, 0.3) is 5.57 Å². The molecule has 0 saturated carbocycles. The van der Waals surface area contributed by atoms with Crippen molar-refractivity contribution in [1.29, 1.82) is 0 Å². The highest BCUT2D eigenvalue weighted by molar-refractivity contribution is 7.91. The number of carbonyl (C=O) groups excluding carboxylic acids is 1. The highest BCUT2D eigenvalue weighted by atomic mass is 35.5. The number of nitrogens with zero attached hydrogens (tertiary/aromatic N) is 1. The molecule has 3 heterocycles. The molecule has 0 aliphatic carbocycles. The molecule has 1 fully saturated rings. The Balaban J connectivity index is 1.37. The molecular weight excluding hydrogens is 542 g/mol. The molecular formula is C24H20Cl2F3NO5S. The summed E-state index contributed by atoms with van der Waals surface area (Å²) < 4.78 is 77.0. The van der Waals surface area contributed by atoms with Gasteiger partial charge in [-0.2, -0.15) is 13.2 Å². The summed E-state index contributed by atoms with van der Waals surface area (Å²) in [5.41, 5.74) is -1.02. The van der Waals surface area contributed by atoms with Gasteiger partial charge in [-0.25, -0.2) is 8.42 Å². The number of hydrogen-bond acceptors (Lipinski definition) is 5. The van der Waals surface area contributed by atoms with Crippen molar-refractivity contribution in [3.63, 3.8) is 0 Å². The molecule has 1 atom stereocenters. The van der Waals surface area contributed by atoms with E-state index in [1.165, 1.54) is 23.1 Å². The Hall–Kier alpha value is -2.27. The van der Waals surface area contributed by atoms with Gasteiger partial charge in [-0.15, -0.1) is 0 Å². The first-order valence-electron chi connectivity index (χ1n) is 10.8. The number of likely N-dealkylation sites (tertiary alicyclic amines) is 1. The van der Waals surface area contributed by atoms with Crippen molar-refractivity contribution in [1.82, 2.24) is 4.90 Å². The fourth-order valence-corrected chi connectivity index (χ4v) is 6.11. The number of hydrogen-bond donors (Lipinski definition) is 0. The van der Waals surface area contributed by atoms with Gasteiger partial charge in [-0.3, -0.25) is 4.79 Å². The lowest BCUT2D eigenvalue weighted by Crippen LogP contribution is -2.62. The smallest absolute Gasteiger partial charge is 0.432 e. The number of ether oxygens (including phenoxy) is 2. The van der Waals surface area contributed by atoms with Crippen molar-refractivity contribution in [2.75, 3.05) is 25.1 Å². The van der Waals surface area contributed by atoms with E-state index in [1.54, 1.807) is 18.2 Å². The molecule has 0 radical (unpaired) electrons. The van der Waals surface area contributed by atoms with Crippen LogP contribution in [0.2, 0.25) is 10.0 Å². The van der Waals surface area contributed by atoms with E-state index < -0.39 is 45.3 Å². The summed E-state index contributed by atoms with van der Waals surface area (Å²) in [7, 11) is -3.45. The quantitative estimate of drug-likeness (QED) is 0.535. The molecule has 2 aromatic rings. The summed E-state index contributed by atoms with van der Waals surface area (Å²) in [6.45, 7) is 0.651. The van der Waals surface area contributed by atoms with Gasteiger partial charge < -0.3 is 14.4 Å². The van der Waals surface area contributed by atoms with Gasteiger partial charge in [-0.1, -0.05) is 35.3 Å². The summed E-state index contributed by atoms with van der Waals surface area (Å²) in [5, 5.41) is 0.144. The van der Waals surface area contributed by atoms with Crippen LogP contribution in [0.1, 0.15) is 28.7 Å². The molecule has 5 rings (SSSR count). The van der Waals surface area contributed by atoms with E-state index in [1.807, 2.05) is 0 Å². The number of alkyl halides is 3. The average Bonchev–Trinajstić information content (AvgIpc) is 3.33. The number of carbonyl (C=O) groups is 1. The number of fused-ring (bicyclic) bond motifs is 2. The van der Waals surface area contributed by atoms with E-state index in [-0.39, 0.29) is 35.3 Å². The second-order valence-corrected chi connectivity index (χ2v) is 12.4. The number of rotatable bonds is 4. The van der Waals surface area contributed by atoms with E-state index in [9.17, 15) is 26.4 Å². The van der Waals surface area contributed by atoms with Gasteiger partial charge in [0.2, 0.25) is 11.5 Å². The fraction of sp³-hybridized carbons (Fsp3) is 0.375. The van der Waals surface area contributed by atoms with Gasteiger partial charge >= 0.3 is 6.18 Å². The summed E-state index contributed by atoms with van der Waals surface area (Å²) in [5.74, 6) is -1.06. The van der Waals surface area contributed by atoms with E-state index >= 15 is 0 Å². The number of amides is 1. The topological polar surface area (TPSA) is 72.9 Å². The van der Waals surface area contributed by atoms with Gasteiger partial charge in [0.1, 0.15) is 11.4 Å². The molecule has 3 aliphatic heterocycles. The molecule has 6 nitrogen and oxygen atoms in total. The van der Waals surface area contributed by atoms with Crippen LogP contribution in [0, 0.1) is 0 Å². The zero-order chi connectivity index (χ0) is 26.1. The molecule has 1 saturated heterocycles. The Labute approximate surface area is 215 Å². The Morgan fingerprint density at radius 2 is 1.78 bits per heavy atom. The van der Waals surface area contributed by atoms with E-state index in [2.05, 4.69) is 0 Å². The Bertz CT molecular complexity index is 1380. The van der Waals surface area contributed by atoms with Gasteiger partial charge in [0.25, 0.3) is 0 Å². The minimum atomic E-state index is -4.74. The van der Waals surface area contributed by atoms with Crippen LogP contribution in [-0.2, 0) is 41.9 Å². The highest BCUT2D eigenvalue weighted by Crippen LogP contribution is 2.53. The molecule has 1 unspecified atom stereocenters. The maximum absolute atomic E-state index is 14.3. The van der Waals surface area contributed by atoms with Crippen LogP contribution in [0.3, 0.4) is 0 Å². The third kappa shape index (κ3) is 4.27. The standard InChI is InChI=1S/C24H20Cl2F3NO5S/c1-36(32,33)11-21(31)30-12-22(13-30)20-3-2-14(4-15(20)9-34-22)16-8-23(35-10-16,24(27,28)29)17-5-18(25)7-19(26)6-17/h2-7,10H,8-9,11-13H2,1H3. The van der Waals surface area contributed by atoms with E-state index in [0.29, 0.717) is 11.1 Å². The summed E-state index contributed by atoms with van der Waals surface area (Å²) >= 11 is 11.9. The van der Waals surface area contributed by atoms with Crippen LogP contribution in [0.5, 0.6) is 0 Å². The zero-order valence-corrected chi connectivity index (χ0v) is 21.2. The Morgan fingerprint density at radius 1 is 1.11 bits per heavy atom. The predicted octanol–water partition coefficient (Wildman–Crippen LogP) is 4.82. The second kappa shape index (κ2) is 8.37. The molecule has 1 amide bonds. The third-order valence-electron chi connectivity index (χ3n) is 6.73. The first-order valence-corrected chi connectivity index (χ1v) is 13.7. The van der Waals surface area contributed by atoms with Crippen molar-refractivity contribution >= 4 is 44.5 Å². The minimum absolute atomic E-state index is 0.0720. The van der Waals surface area contributed by atoms with Crippen LogP contribution in [0.15, 0.2) is 42.7 Å². The molecule has 12 heteroatoms. The second-order valence-electron chi connectivity index (χ2n) is 9.40. The molecule has 36 heavy (non-hydrogen) atoms. The number of benzene rings is 2. The molecule has 0 aromatic heterocycles. The largest absolute Gasteiger partial charge is 0.480 e. The summed E-state index contributed by atoms with van der Waals surface area (Å²) in [4.78, 5) is 13.6. The third-order valence-corrected chi connectivity index (χ3v) is 7.94. The molecule has 3 aliphatic rings. The van der Waals surface area contributed by atoms with Gasteiger partial charge in [0.15, 0.2) is 9.84 Å². The maximum Gasteiger partial charge on any atom is 0.432 e. The SMILES string of the molecule is CS(=O)(=O)CC(=O)N1CC2(C1)OCc1cc(C3=COC(c4cc(Cl)cc(Cl)c4)(C(F)(F)F)C3)ccc12. The van der Waals surface area contributed by atoms with Gasteiger partial charge in [0.05, 0.1) is 26.0 Å². The Morgan fingerprint density at radius 3 is 2.39 bits per heavy atom. The minimum Gasteiger partial charge on any atom is -0.480 e. The normalized spacial score (nSPS) is 22.7. The highest BCUT2D eigenvalue weighted by Gasteiger charge is 2.61. The van der Waals surface area contributed by atoms with Crippen LogP contribution >= 0.6 is 23.2 Å². The average molecular weight is 562 g/mol. The summed E-state index contributed by atoms with van der Waals surface area (Å²) in [6.07, 6.45) is -3.09. The van der Waals surface area contributed by atoms with Crippen molar-refractivity contribution in [2.45, 2.75) is 30.4 Å². The first kappa shape index (κ1) is 25.4. The van der Waals surface area contributed by atoms with Crippen molar-refractivity contribution < 1.29 is 35.9 Å². The number of halogens is 5. The lowest BCUT2D eigenvalue weighted by atomic mass is 9.82. The van der Waals surface area contributed by atoms with Crippen molar-refractivity contribution in [3.05, 3.63) is 75.0 Å². The Kier molecular flexibility index (Phi) is 5.90. The van der Waals surface area contributed by atoms with Crippen LogP contribution in [0.4, 0.5) is 13.2 Å². The van der Waals surface area contributed by atoms with Gasteiger partial charge in [-0.05, 0) is 46.5 Å². The van der Waals surface area contributed by atoms with Crippen molar-refractivity contribution in [3.8, 4) is 0 Å². The van der Waals surface area contributed by atoms with Gasteiger partial charge in [0, 0.05) is 28.3 Å². The fourth-order valence-electron chi connectivity index (χ4n) is 4.96. The summed E-state index contributed by atoms with van der Waals surface area (Å²) in [6, 6.07) is 8.99. The predicted molar refractivity (Wildman–Crippen MR) is 127 cm³/mol. The first-order chi connectivity index (χ1) is 16.7. The van der Waals surface area contributed by atoms with E-state index in [0.717, 1.165) is 23.6 Å². The zero-order valence-electron chi connectivity index (χ0n) is 18.9. The monoisotopic (exact) mass is 561 g/mol.